The van der Waals surface area contributed by atoms with Gasteiger partial charge in [-0.05, 0) is 25.3 Å². The highest BCUT2D eigenvalue weighted by molar-refractivity contribution is 6.00. The summed E-state index contributed by atoms with van der Waals surface area (Å²) in [5.41, 5.74) is 1.86. The van der Waals surface area contributed by atoms with Gasteiger partial charge in [0.05, 0.1) is 25.3 Å². The first-order valence-electron chi connectivity index (χ1n) is 7.61. The molecule has 124 valence electrons. The highest BCUT2D eigenvalue weighted by Crippen LogP contribution is 2.21. The van der Waals surface area contributed by atoms with Gasteiger partial charge < -0.3 is 19.8 Å². The standard InChI is InChI=1S/C16H21N3O4/c1-4-11-13(16(21)22-3)9(2)14(18-11)15(20)19-12(7-17)10-5-6-23-8-10/h10,12,18H,4-6,8H2,1-3H3,(H,19,20). The Balaban J connectivity index is 2.23. The monoisotopic (exact) mass is 319 g/mol. The number of nitriles is 1. The lowest BCUT2D eigenvalue weighted by Crippen LogP contribution is -2.40. The van der Waals surface area contributed by atoms with Crippen molar-refractivity contribution in [3.8, 4) is 6.07 Å². The molecule has 1 amide bonds. The van der Waals surface area contributed by atoms with Crippen LogP contribution in [0.3, 0.4) is 0 Å². The molecule has 2 heterocycles. The van der Waals surface area contributed by atoms with Crippen LogP contribution in [-0.4, -0.2) is 43.2 Å². The molecule has 0 spiro atoms. The van der Waals surface area contributed by atoms with E-state index < -0.39 is 17.9 Å². The van der Waals surface area contributed by atoms with Gasteiger partial charge in [-0.25, -0.2) is 4.79 Å². The van der Waals surface area contributed by atoms with E-state index in [2.05, 4.69) is 16.4 Å². The number of esters is 1. The summed E-state index contributed by atoms with van der Waals surface area (Å²) in [6.45, 7) is 4.65. The Bertz CT molecular complexity index is 638. The Labute approximate surface area is 135 Å². The summed E-state index contributed by atoms with van der Waals surface area (Å²) >= 11 is 0. The predicted molar refractivity (Wildman–Crippen MR) is 82.0 cm³/mol. The zero-order valence-electron chi connectivity index (χ0n) is 13.6. The second-order valence-corrected chi connectivity index (χ2v) is 5.53. The van der Waals surface area contributed by atoms with Gasteiger partial charge >= 0.3 is 5.97 Å². The lowest BCUT2D eigenvalue weighted by atomic mass is 10.00. The van der Waals surface area contributed by atoms with E-state index in [1.807, 2.05) is 6.92 Å². The Morgan fingerprint density at radius 3 is 2.83 bits per heavy atom. The Morgan fingerprint density at radius 1 is 1.57 bits per heavy atom. The van der Waals surface area contributed by atoms with Crippen molar-refractivity contribution < 1.29 is 19.1 Å². The maximum absolute atomic E-state index is 12.5. The summed E-state index contributed by atoms with van der Waals surface area (Å²) in [5, 5.41) is 12.0. The van der Waals surface area contributed by atoms with E-state index in [9.17, 15) is 14.9 Å². The van der Waals surface area contributed by atoms with Crippen LogP contribution < -0.4 is 5.32 Å². The van der Waals surface area contributed by atoms with Crippen LogP contribution in [0, 0.1) is 24.2 Å². The first kappa shape index (κ1) is 17.0. The normalized spacial score (nSPS) is 18.3. The van der Waals surface area contributed by atoms with Crippen LogP contribution in [0.1, 0.15) is 45.4 Å². The second kappa shape index (κ2) is 7.29. The van der Waals surface area contributed by atoms with Gasteiger partial charge in [-0.15, -0.1) is 0 Å². The van der Waals surface area contributed by atoms with Crippen molar-refractivity contribution in [1.82, 2.24) is 10.3 Å². The number of hydrogen-bond donors (Lipinski definition) is 2. The lowest BCUT2D eigenvalue weighted by Gasteiger charge is -2.16. The average molecular weight is 319 g/mol. The van der Waals surface area contributed by atoms with E-state index in [1.165, 1.54) is 7.11 Å². The number of ether oxygens (including phenoxy) is 2. The minimum Gasteiger partial charge on any atom is -0.465 e. The number of carbonyl (C=O) groups excluding carboxylic acids is 2. The van der Waals surface area contributed by atoms with Crippen molar-refractivity contribution in [3.63, 3.8) is 0 Å². The molecule has 1 aromatic heterocycles. The van der Waals surface area contributed by atoms with Gasteiger partial charge in [-0.3, -0.25) is 4.79 Å². The van der Waals surface area contributed by atoms with Crippen LogP contribution >= 0.6 is 0 Å². The lowest BCUT2D eigenvalue weighted by molar-refractivity contribution is 0.0599. The first-order valence-corrected chi connectivity index (χ1v) is 7.61. The number of aryl methyl sites for hydroxylation is 1. The van der Waals surface area contributed by atoms with Gasteiger partial charge in [-0.1, -0.05) is 6.92 Å². The molecule has 1 saturated heterocycles. The third-order valence-electron chi connectivity index (χ3n) is 4.16. The summed E-state index contributed by atoms with van der Waals surface area (Å²) in [4.78, 5) is 27.4. The van der Waals surface area contributed by atoms with Gasteiger partial charge in [0.2, 0.25) is 0 Å². The van der Waals surface area contributed by atoms with Crippen molar-refractivity contribution >= 4 is 11.9 Å². The fourth-order valence-electron chi connectivity index (χ4n) is 2.81. The molecule has 0 aliphatic carbocycles. The minimum absolute atomic E-state index is 0.00931. The van der Waals surface area contributed by atoms with Crippen LogP contribution in [0.25, 0.3) is 0 Å². The van der Waals surface area contributed by atoms with E-state index in [0.29, 0.717) is 42.1 Å². The number of nitrogens with one attached hydrogen (secondary N) is 2. The van der Waals surface area contributed by atoms with Gasteiger partial charge in [0.1, 0.15) is 11.7 Å². The van der Waals surface area contributed by atoms with Crippen LogP contribution in [-0.2, 0) is 15.9 Å². The van der Waals surface area contributed by atoms with Crippen molar-refractivity contribution in [2.24, 2.45) is 5.92 Å². The van der Waals surface area contributed by atoms with Crippen LogP contribution in [0.15, 0.2) is 0 Å². The maximum Gasteiger partial charge on any atom is 0.339 e. The van der Waals surface area contributed by atoms with Crippen molar-refractivity contribution in [3.05, 3.63) is 22.5 Å². The third-order valence-corrected chi connectivity index (χ3v) is 4.16. The molecule has 0 bridgehead atoms. The average Bonchev–Trinajstić information content (AvgIpc) is 3.19. The molecule has 1 fully saturated rings. The number of H-pyrrole nitrogens is 1. The molecule has 0 radical (unpaired) electrons. The van der Waals surface area contributed by atoms with E-state index >= 15 is 0 Å². The molecule has 1 aromatic rings. The highest BCUT2D eigenvalue weighted by Gasteiger charge is 2.29. The molecule has 2 unspecified atom stereocenters. The fraction of sp³-hybridized carbons (Fsp3) is 0.562. The highest BCUT2D eigenvalue weighted by atomic mass is 16.5. The van der Waals surface area contributed by atoms with Crippen molar-refractivity contribution in [2.75, 3.05) is 20.3 Å². The molecular weight excluding hydrogens is 298 g/mol. The van der Waals surface area contributed by atoms with Gasteiger partial charge in [0, 0.05) is 18.2 Å². The van der Waals surface area contributed by atoms with E-state index in [4.69, 9.17) is 9.47 Å². The zero-order valence-corrected chi connectivity index (χ0v) is 13.6. The molecule has 7 nitrogen and oxygen atoms in total. The Morgan fingerprint density at radius 2 is 2.30 bits per heavy atom. The number of nitrogens with zero attached hydrogens (tertiary/aromatic N) is 1. The maximum atomic E-state index is 12.5. The third kappa shape index (κ3) is 3.37. The molecule has 2 N–H and O–H groups in total. The van der Waals surface area contributed by atoms with Crippen molar-refractivity contribution in [1.29, 1.82) is 5.26 Å². The van der Waals surface area contributed by atoms with Crippen LogP contribution in [0.5, 0.6) is 0 Å². The summed E-state index contributed by atoms with van der Waals surface area (Å²) < 4.78 is 10.0. The smallest absolute Gasteiger partial charge is 0.339 e. The largest absolute Gasteiger partial charge is 0.465 e. The van der Waals surface area contributed by atoms with E-state index in [0.717, 1.165) is 6.42 Å². The summed E-state index contributed by atoms with van der Waals surface area (Å²) in [6.07, 6.45) is 1.31. The van der Waals surface area contributed by atoms with E-state index in [-0.39, 0.29) is 5.92 Å². The number of methoxy groups -OCH3 is 1. The zero-order chi connectivity index (χ0) is 17.0. The minimum atomic E-state index is -0.612. The molecule has 2 atom stereocenters. The second-order valence-electron chi connectivity index (χ2n) is 5.53. The number of carbonyl (C=O) groups is 2. The SMILES string of the molecule is CCc1[nH]c(C(=O)NC(C#N)C2CCOC2)c(C)c1C(=O)OC. The van der Waals surface area contributed by atoms with Crippen molar-refractivity contribution in [2.45, 2.75) is 32.7 Å². The van der Waals surface area contributed by atoms with Gasteiger partial charge in [-0.2, -0.15) is 5.26 Å². The molecule has 23 heavy (non-hydrogen) atoms. The predicted octanol–water partition coefficient (Wildman–Crippen LogP) is 1.33. The van der Waals surface area contributed by atoms with Crippen LogP contribution in [0.2, 0.25) is 0 Å². The molecule has 1 aliphatic rings. The van der Waals surface area contributed by atoms with Crippen LogP contribution in [0.4, 0.5) is 0 Å². The number of aromatic nitrogens is 1. The molecular formula is C16H21N3O4. The molecule has 7 heteroatoms. The number of hydrogen-bond acceptors (Lipinski definition) is 5. The number of rotatable bonds is 5. The van der Waals surface area contributed by atoms with Gasteiger partial charge in [0.15, 0.2) is 0 Å². The molecule has 0 saturated carbocycles. The fourth-order valence-corrected chi connectivity index (χ4v) is 2.81. The number of aromatic amines is 1. The number of amides is 1. The molecule has 0 aromatic carbocycles. The first-order chi connectivity index (χ1) is 11.0. The Hall–Kier alpha value is -2.33. The molecule has 1 aliphatic heterocycles. The van der Waals surface area contributed by atoms with E-state index in [1.54, 1.807) is 6.92 Å². The topological polar surface area (TPSA) is 104 Å². The summed E-state index contributed by atoms with van der Waals surface area (Å²) in [7, 11) is 1.31. The molecule has 2 rings (SSSR count). The summed E-state index contributed by atoms with van der Waals surface area (Å²) in [6, 6.07) is 1.50. The quantitative estimate of drug-likeness (QED) is 0.797. The van der Waals surface area contributed by atoms with Gasteiger partial charge in [0.25, 0.3) is 5.91 Å². The Kier molecular flexibility index (Phi) is 5.40. The summed E-state index contributed by atoms with van der Waals surface area (Å²) in [5.74, 6) is -0.883.